The Morgan fingerprint density at radius 3 is 2.15 bits per heavy atom. The summed E-state index contributed by atoms with van der Waals surface area (Å²) in [6, 6.07) is 22.2. The third-order valence-electron chi connectivity index (χ3n) is 5.70. The van der Waals surface area contributed by atoms with Gasteiger partial charge in [0.2, 0.25) is 0 Å². The van der Waals surface area contributed by atoms with Crippen LogP contribution >= 0.6 is 0 Å². The summed E-state index contributed by atoms with van der Waals surface area (Å²) in [7, 11) is 0. The summed E-state index contributed by atoms with van der Waals surface area (Å²) in [6.45, 7) is 5.95. The van der Waals surface area contributed by atoms with Crippen molar-refractivity contribution in [1.82, 2.24) is 5.32 Å². The second-order valence-corrected chi connectivity index (χ2v) is 9.43. The molecule has 34 heavy (non-hydrogen) atoms. The van der Waals surface area contributed by atoms with Crippen molar-refractivity contribution in [3.05, 3.63) is 89.5 Å². The molecule has 1 atom stereocenters. The maximum Gasteiger partial charge on any atom is 0.407 e. The van der Waals surface area contributed by atoms with Gasteiger partial charge in [0.15, 0.2) is 0 Å². The van der Waals surface area contributed by atoms with Crippen LogP contribution in [0.25, 0.3) is 11.1 Å². The van der Waals surface area contributed by atoms with Crippen LogP contribution in [-0.2, 0) is 16.0 Å². The molecule has 0 saturated heterocycles. The van der Waals surface area contributed by atoms with Gasteiger partial charge in [-0.15, -0.1) is 0 Å². The van der Waals surface area contributed by atoms with Gasteiger partial charge in [0.1, 0.15) is 24.0 Å². The first-order valence-corrected chi connectivity index (χ1v) is 11.3. The number of amides is 1. The molecule has 0 aromatic heterocycles. The van der Waals surface area contributed by atoms with Crippen LogP contribution in [0.5, 0.6) is 5.75 Å². The molecule has 2 N–H and O–H groups in total. The molecule has 0 heterocycles. The van der Waals surface area contributed by atoms with Crippen LogP contribution < -0.4 is 10.1 Å². The summed E-state index contributed by atoms with van der Waals surface area (Å²) >= 11 is 0. The fraction of sp³-hybridized carbons (Fsp3) is 0.286. The van der Waals surface area contributed by atoms with Crippen molar-refractivity contribution in [3.63, 3.8) is 0 Å². The summed E-state index contributed by atoms with van der Waals surface area (Å²) in [6.07, 6.45) is -0.641. The number of carbonyl (C=O) groups is 2. The van der Waals surface area contributed by atoms with E-state index in [1.165, 1.54) is 0 Å². The van der Waals surface area contributed by atoms with Gasteiger partial charge in [-0.3, -0.25) is 0 Å². The molecule has 6 nitrogen and oxygen atoms in total. The van der Waals surface area contributed by atoms with E-state index >= 15 is 0 Å². The van der Waals surface area contributed by atoms with Crippen molar-refractivity contribution < 1.29 is 24.2 Å². The van der Waals surface area contributed by atoms with E-state index in [1.54, 1.807) is 6.07 Å². The minimum absolute atomic E-state index is 0.0901. The van der Waals surface area contributed by atoms with E-state index in [9.17, 15) is 14.7 Å². The maximum absolute atomic E-state index is 12.6. The monoisotopic (exact) mass is 459 g/mol. The average molecular weight is 460 g/mol. The normalized spacial score (nSPS) is 13.5. The lowest BCUT2D eigenvalue weighted by Gasteiger charge is -2.22. The highest BCUT2D eigenvalue weighted by molar-refractivity contribution is 5.81. The highest BCUT2D eigenvalue weighted by atomic mass is 16.5. The predicted octanol–water partition coefficient (Wildman–Crippen LogP) is 5.40. The van der Waals surface area contributed by atoms with Crippen LogP contribution in [0.2, 0.25) is 0 Å². The van der Waals surface area contributed by atoms with E-state index in [4.69, 9.17) is 9.47 Å². The van der Waals surface area contributed by atoms with Crippen LogP contribution in [-0.4, -0.2) is 35.4 Å². The Labute approximate surface area is 199 Å². The number of carboxylic acids is 1. The third kappa shape index (κ3) is 5.39. The Morgan fingerprint density at radius 2 is 1.56 bits per heavy atom. The molecule has 1 unspecified atom stereocenters. The Bertz CT molecular complexity index is 1150. The minimum Gasteiger partial charge on any atom is -0.488 e. The zero-order chi connectivity index (χ0) is 24.3. The van der Waals surface area contributed by atoms with Crippen molar-refractivity contribution in [3.8, 4) is 16.9 Å². The Balaban J connectivity index is 1.41. The topological polar surface area (TPSA) is 84.9 Å². The second-order valence-electron chi connectivity index (χ2n) is 9.43. The molecule has 3 aromatic carbocycles. The number of nitrogens with one attached hydrogen (secondary N) is 1. The molecule has 0 radical (unpaired) electrons. The Morgan fingerprint density at radius 1 is 0.941 bits per heavy atom. The van der Waals surface area contributed by atoms with E-state index in [-0.39, 0.29) is 24.5 Å². The average Bonchev–Trinajstić information content (AvgIpc) is 3.10. The van der Waals surface area contributed by atoms with Crippen LogP contribution in [0.3, 0.4) is 0 Å². The molecule has 0 fully saturated rings. The fourth-order valence-corrected chi connectivity index (χ4v) is 4.31. The van der Waals surface area contributed by atoms with Gasteiger partial charge in [-0.25, -0.2) is 9.59 Å². The lowest BCUT2D eigenvalue weighted by atomic mass is 9.98. The molecule has 4 rings (SSSR count). The number of fused-ring (bicyclic) bond motifs is 3. The molecule has 176 valence electrons. The Hall–Kier alpha value is -3.80. The Kier molecular flexibility index (Phi) is 6.59. The smallest absolute Gasteiger partial charge is 0.407 e. The maximum atomic E-state index is 12.6. The number of carboxylic acid groups (broad SMARTS) is 1. The van der Waals surface area contributed by atoms with Crippen molar-refractivity contribution in [2.45, 2.75) is 44.8 Å². The molecular formula is C28H29NO5. The molecule has 0 aliphatic heterocycles. The van der Waals surface area contributed by atoms with Crippen molar-refractivity contribution in [2.24, 2.45) is 0 Å². The van der Waals surface area contributed by atoms with Gasteiger partial charge in [-0.2, -0.15) is 0 Å². The van der Waals surface area contributed by atoms with Crippen LogP contribution in [0.1, 0.15) is 43.4 Å². The minimum atomic E-state index is -1.13. The van der Waals surface area contributed by atoms with Crippen molar-refractivity contribution >= 4 is 12.1 Å². The SMILES string of the molecule is CC(C)(C)Oc1cccc(CC(NC(=O)OCC2c3ccccc3-c3ccccc32)C(=O)O)c1. The van der Waals surface area contributed by atoms with Gasteiger partial charge in [-0.1, -0.05) is 60.7 Å². The number of carbonyl (C=O) groups excluding carboxylic acids is 1. The molecule has 1 aliphatic rings. The summed E-state index contributed by atoms with van der Waals surface area (Å²) in [4.78, 5) is 24.4. The number of hydrogen-bond acceptors (Lipinski definition) is 4. The van der Waals surface area contributed by atoms with Crippen molar-refractivity contribution in [2.75, 3.05) is 6.61 Å². The fourth-order valence-electron chi connectivity index (χ4n) is 4.31. The summed E-state index contributed by atoms with van der Waals surface area (Å²) in [5, 5.41) is 12.2. The van der Waals surface area contributed by atoms with E-state index in [0.717, 1.165) is 27.8 Å². The molecule has 1 aliphatic carbocycles. The number of benzene rings is 3. The van der Waals surface area contributed by atoms with Gasteiger partial charge in [0.05, 0.1) is 0 Å². The first kappa shape index (κ1) is 23.4. The van der Waals surface area contributed by atoms with E-state index in [2.05, 4.69) is 17.4 Å². The number of rotatable bonds is 7. The van der Waals surface area contributed by atoms with Gasteiger partial charge in [-0.05, 0) is 60.7 Å². The number of alkyl carbamates (subject to hydrolysis) is 1. The third-order valence-corrected chi connectivity index (χ3v) is 5.70. The molecular weight excluding hydrogens is 430 g/mol. The first-order valence-electron chi connectivity index (χ1n) is 11.3. The molecule has 0 bridgehead atoms. The molecule has 0 saturated carbocycles. The van der Waals surface area contributed by atoms with E-state index in [0.29, 0.717) is 5.75 Å². The molecule has 0 spiro atoms. The quantitative estimate of drug-likeness (QED) is 0.494. The van der Waals surface area contributed by atoms with Gasteiger partial charge in [0, 0.05) is 12.3 Å². The lowest BCUT2D eigenvalue weighted by Crippen LogP contribution is -2.42. The number of ether oxygens (including phenoxy) is 2. The predicted molar refractivity (Wildman–Crippen MR) is 130 cm³/mol. The van der Waals surface area contributed by atoms with Gasteiger partial charge < -0.3 is 19.9 Å². The zero-order valence-corrected chi connectivity index (χ0v) is 19.6. The number of hydrogen-bond donors (Lipinski definition) is 2. The second kappa shape index (κ2) is 9.59. The lowest BCUT2D eigenvalue weighted by molar-refractivity contribution is -0.139. The summed E-state index contributed by atoms with van der Waals surface area (Å²) in [5.74, 6) is -0.571. The molecule has 3 aromatic rings. The van der Waals surface area contributed by atoms with Crippen LogP contribution in [0, 0.1) is 0 Å². The van der Waals surface area contributed by atoms with Gasteiger partial charge >= 0.3 is 12.1 Å². The largest absolute Gasteiger partial charge is 0.488 e. The molecule has 1 amide bonds. The first-order chi connectivity index (χ1) is 16.2. The highest BCUT2D eigenvalue weighted by Crippen LogP contribution is 2.44. The standard InChI is InChI=1S/C28H29NO5/c1-28(2,3)34-19-10-8-9-18(15-19)16-25(26(30)31)29-27(32)33-17-24-22-13-6-4-11-20(22)21-12-5-7-14-23(21)24/h4-15,24-25H,16-17H2,1-3H3,(H,29,32)(H,30,31). The molecule has 6 heteroatoms. The van der Waals surface area contributed by atoms with E-state index < -0.39 is 18.1 Å². The van der Waals surface area contributed by atoms with Gasteiger partial charge in [0.25, 0.3) is 0 Å². The van der Waals surface area contributed by atoms with E-state index in [1.807, 2.05) is 75.4 Å². The van der Waals surface area contributed by atoms with Crippen molar-refractivity contribution in [1.29, 1.82) is 0 Å². The highest BCUT2D eigenvalue weighted by Gasteiger charge is 2.30. The summed E-state index contributed by atoms with van der Waals surface area (Å²) in [5.41, 5.74) is 4.84. The zero-order valence-electron chi connectivity index (χ0n) is 19.6. The summed E-state index contributed by atoms with van der Waals surface area (Å²) < 4.78 is 11.4. The van der Waals surface area contributed by atoms with Crippen LogP contribution in [0.4, 0.5) is 4.79 Å². The number of aliphatic carboxylic acids is 1. The van der Waals surface area contributed by atoms with Crippen LogP contribution in [0.15, 0.2) is 72.8 Å².